The molecule has 1 saturated heterocycles. The summed E-state index contributed by atoms with van der Waals surface area (Å²) in [6, 6.07) is -0.744. The minimum absolute atomic E-state index is 0.0343. The van der Waals surface area contributed by atoms with Crippen LogP contribution in [-0.4, -0.2) is 51.6 Å². The Bertz CT molecular complexity index is 530. The number of aliphatic hydroxyl groups is 1. The lowest BCUT2D eigenvalue weighted by Crippen LogP contribution is -2.36. The zero-order valence-corrected chi connectivity index (χ0v) is 11.6. The zero-order chi connectivity index (χ0) is 15.8. The van der Waals surface area contributed by atoms with Gasteiger partial charge in [0.2, 0.25) is 0 Å². The van der Waals surface area contributed by atoms with E-state index in [-0.39, 0.29) is 25.1 Å². The number of nitrogens with zero attached hydrogens (tertiary/aromatic N) is 3. The zero-order valence-electron chi connectivity index (χ0n) is 11.6. The van der Waals surface area contributed by atoms with E-state index in [0.29, 0.717) is 0 Å². The van der Waals surface area contributed by atoms with Crippen LogP contribution in [0.3, 0.4) is 0 Å². The van der Waals surface area contributed by atoms with Crippen molar-refractivity contribution in [3.8, 4) is 0 Å². The van der Waals surface area contributed by atoms with Crippen LogP contribution in [0, 0.1) is 0 Å². The number of aliphatic hydroxyl groups excluding tert-OH is 1. The van der Waals surface area contributed by atoms with Gasteiger partial charge in [-0.05, 0) is 0 Å². The van der Waals surface area contributed by atoms with E-state index in [0.717, 1.165) is 10.9 Å². The Morgan fingerprint density at radius 3 is 2.81 bits per heavy atom. The summed E-state index contributed by atoms with van der Waals surface area (Å²) >= 11 is 0. The molecule has 0 saturated carbocycles. The molecule has 0 spiro atoms. The Labute approximate surface area is 119 Å². The fourth-order valence-corrected chi connectivity index (χ4v) is 2.62. The van der Waals surface area contributed by atoms with Gasteiger partial charge in [-0.3, -0.25) is 14.4 Å². The molecule has 2 heterocycles. The predicted molar refractivity (Wildman–Crippen MR) is 65.0 cm³/mol. The lowest BCUT2D eigenvalue weighted by atomic mass is 10.2. The molecule has 1 N–H and O–H groups in total. The average molecular weight is 307 g/mol. The van der Waals surface area contributed by atoms with Gasteiger partial charge in [-0.15, -0.1) is 0 Å². The molecule has 1 aliphatic rings. The molecule has 21 heavy (non-hydrogen) atoms. The van der Waals surface area contributed by atoms with Gasteiger partial charge in [0.05, 0.1) is 19.4 Å². The minimum atomic E-state index is -4.53. The summed E-state index contributed by atoms with van der Waals surface area (Å²) in [5.41, 5.74) is -0.888. The highest BCUT2D eigenvalue weighted by Gasteiger charge is 2.41. The number of carbonyl (C=O) groups excluding carboxylic acids is 1. The van der Waals surface area contributed by atoms with Gasteiger partial charge in [0.15, 0.2) is 0 Å². The van der Waals surface area contributed by atoms with Crippen LogP contribution in [-0.2, 0) is 29.3 Å². The van der Waals surface area contributed by atoms with Crippen molar-refractivity contribution in [1.82, 2.24) is 14.7 Å². The number of ether oxygens (including phenoxy) is 1. The summed E-state index contributed by atoms with van der Waals surface area (Å²) in [4.78, 5) is 13.1. The number of aryl methyl sites for hydroxylation is 1. The van der Waals surface area contributed by atoms with E-state index < -0.39 is 30.0 Å². The topological polar surface area (TPSA) is 67.6 Å². The molecule has 2 unspecified atom stereocenters. The van der Waals surface area contributed by atoms with Gasteiger partial charge >= 0.3 is 12.1 Å². The fourth-order valence-electron chi connectivity index (χ4n) is 2.62. The molecule has 2 atom stereocenters. The molecule has 1 aromatic rings. The van der Waals surface area contributed by atoms with Gasteiger partial charge in [0.25, 0.3) is 0 Å². The molecule has 2 rings (SSSR count). The molecule has 0 radical (unpaired) electrons. The first-order valence-corrected chi connectivity index (χ1v) is 6.32. The summed E-state index contributed by atoms with van der Waals surface area (Å²) in [5.74, 6) is -0.566. The molecule has 0 bridgehead atoms. The Morgan fingerprint density at radius 2 is 2.24 bits per heavy atom. The summed E-state index contributed by atoms with van der Waals surface area (Å²) < 4.78 is 44.4. The van der Waals surface area contributed by atoms with Crippen molar-refractivity contribution in [3.05, 3.63) is 17.5 Å². The van der Waals surface area contributed by atoms with Gasteiger partial charge in [-0.2, -0.15) is 18.3 Å². The first-order chi connectivity index (χ1) is 9.74. The number of likely N-dealkylation sites (tertiary alicyclic amines) is 1. The number of carbonyl (C=O) groups is 1. The van der Waals surface area contributed by atoms with E-state index in [4.69, 9.17) is 0 Å². The summed E-state index contributed by atoms with van der Waals surface area (Å²) in [7, 11) is 2.42. The van der Waals surface area contributed by atoms with Crippen LogP contribution in [0.4, 0.5) is 13.2 Å². The third-order valence-corrected chi connectivity index (χ3v) is 3.51. The van der Waals surface area contributed by atoms with Crippen molar-refractivity contribution >= 4 is 5.97 Å². The third-order valence-electron chi connectivity index (χ3n) is 3.51. The highest BCUT2D eigenvalue weighted by molar-refractivity contribution is 5.76. The minimum Gasteiger partial charge on any atom is -0.468 e. The first-order valence-electron chi connectivity index (χ1n) is 6.32. The van der Waals surface area contributed by atoms with Gasteiger partial charge in [-0.25, -0.2) is 0 Å². The molecule has 9 heteroatoms. The molecule has 1 aromatic heterocycles. The molecular formula is C12H16F3N3O3. The van der Waals surface area contributed by atoms with Gasteiger partial charge < -0.3 is 9.84 Å². The van der Waals surface area contributed by atoms with E-state index >= 15 is 0 Å². The van der Waals surface area contributed by atoms with Gasteiger partial charge in [0.1, 0.15) is 11.7 Å². The maximum Gasteiger partial charge on any atom is 0.433 e. The molecule has 0 aliphatic carbocycles. The predicted octanol–water partition coefficient (Wildman–Crippen LogP) is 0.547. The van der Waals surface area contributed by atoms with Crippen molar-refractivity contribution in [3.63, 3.8) is 0 Å². The molecule has 0 aromatic carbocycles. The van der Waals surface area contributed by atoms with Crippen LogP contribution in [0.2, 0.25) is 0 Å². The molecule has 1 fully saturated rings. The molecule has 6 nitrogen and oxygen atoms in total. The normalized spacial score (nSPS) is 23.5. The van der Waals surface area contributed by atoms with E-state index in [1.165, 1.54) is 19.1 Å². The summed E-state index contributed by atoms with van der Waals surface area (Å²) in [6.07, 6.45) is -4.02. The Kier molecular flexibility index (Phi) is 4.24. The quantitative estimate of drug-likeness (QED) is 0.826. The van der Waals surface area contributed by atoms with Crippen LogP contribution < -0.4 is 0 Å². The van der Waals surface area contributed by atoms with E-state index in [2.05, 4.69) is 9.84 Å². The second-order valence-corrected chi connectivity index (χ2v) is 5.00. The Morgan fingerprint density at radius 1 is 1.57 bits per heavy atom. The smallest absolute Gasteiger partial charge is 0.433 e. The summed E-state index contributed by atoms with van der Waals surface area (Å²) in [6.45, 7) is -0.00846. The Balaban J connectivity index is 2.23. The fraction of sp³-hybridized carbons (Fsp3) is 0.667. The lowest BCUT2D eigenvalue weighted by molar-refractivity contribution is -0.146. The van der Waals surface area contributed by atoms with Crippen molar-refractivity contribution in [2.75, 3.05) is 13.7 Å². The number of methoxy groups -OCH3 is 1. The molecule has 1 aliphatic heterocycles. The number of aromatic nitrogens is 2. The SMILES string of the molecule is COC(=O)C1CC(O)CN1Cc1cnn(C)c1C(F)(F)F. The number of rotatable bonds is 3. The molecule has 118 valence electrons. The average Bonchev–Trinajstić information content (AvgIpc) is 2.91. The van der Waals surface area contributed by atoms with E-state index in [1.807, 2.05) is 0 Å². The summed E-state index contributed by atoms with van der Waals surface area (Å²) in [5, 5.41) is 13.3. The van der Waals surface area contributed by atoms with Gasteiger partial charge in [0, 0.05) is 32.1 Å². The van der Waals surface area contributed by atoms with Crippen LogP contribution >= 0.6 is 0 Å². The Hall–Kier alpha value is -1.61. The first kappa shape index (κ1) is 15.8. The van der Waals surface area contributed by atoms with Crippen molar-refractivity contribution in [2.24, 2.45) is 7.05 Å². The number of hydrogen-bond acceptors (Lipinski definition) is 5. The molecular weight excluding hydrogens is 291 g/mol. The second-order valence-electron chi connectivity index (χ2n) is 5.00. The number of hydrogen-bond donors (Lipinski definition) is 1. The van der Waals surface area contributed by atoms with Crippen LogP contribution in [0.1, 0.15) is 17.7 Å². The highest BCUT2D eigenvalue weighted by Crippen LogP contribution is 2.33. The van der Waals surface area contributed by atoms with Crippen LogP contribution in [0.5, 0.6) is 0 Å². The third kappa shape index (κ3) is 3.18. The largest absolute Gasteiger partial charge is 0.468 e. The number of alkyl halides is 3. The van der Waals surface area contributed by atoms with E-state index in [1.54, 1.807) is 0 Å². The lowest BCUT2D eigenvalue weighted by Gasteiger charge is -2.22. The highest BCUT2D eigenvalue weighted by atomic mass is 19.4. The number of β-amino-alcohol motifs (C(OH)–C–C–N with tert-alkyl or cyclic N) is 1. The van der Waals surface area contributed by atoms with Crippen molar-refractivity contribution < 1.29 is 27.8 Å². The standard InChI is InChI=1S/C12H16F3N3O3/c1-17-10(12(13,14)15)7(4-16-17)5-18-6-8(19)3-9(18)11(20)21-2/h4,8-9,19H,3,5-6H2,1-2H3. The number of esters is 1. The van der Waals surface area contributed by atoms with Crippen molar-refractivity contribution in [2.45, 2.75) is 31.3 Å². The maximum absolute atomic E-state index is 13.0. The van der Waals surface area contributed by atoms with E-state index in [9.17, 15) is 23.1 Å². The second kappa shape index (κ2) is 5.64. The van der Waals surface area contributed by atoms with Crippen LogP contribution in [0.25, 0.3) is 0 Å². The molecule has 0 amide bonds. The van der Waals surface area contributed by atoms with Crippen molar-refractivity contribution in [1.29, 1.82) is 0 Å². The monoisotopic (exact) mass is 307 g/mol. The maximum atomic E-state index is 13.0. The van der Waals surface area contributed by atoms with Gasteiger partial charge in [-0.1, -0.05) is 0 Å². The number of halogens is 3. The van der Waals surface area contributed by atoms with Crippen LogP contribution in [0.15, 0.2) is 6.20 Å².